The van der Waals surface area contributed by atoms with Gasteiger partial charge in [0.25, 0.3) is 0 Å². The van der Waals surface area contributed by atoms with Crippen LogP contribution in [0, 0.1) is 0 Å². The summed E-state index contributed by atoms with van der Waals surface area (Å²) in [6, 6.07) is 12.0. The molecule has 19 heavy (non-hydrogen) atoms. The fourth-order valence-corrected chi connectivity index (χ4v) is 2.74. The summed E-state index contributed by atoms with van der Waals surface area (Å²) < 4.78 is 0. The molecule has 0 saturated heterocycles. The average molecular weight is 287 g/mol. The number of rotatable bonds is 2. The summed E-state index contributed by atoms with van der Waals surface area (Å²) in [5.74, 6) is 0. The van der Waals surface area contributed by atoms with Crippen LogP contribution in [0.4, 0.5) is 5.13 Å². The SMILES string of the molecule is Nc1nc(C=Cc2ccc(Cl)c3ccccc23)cs1. The van der Waals surface area contributed by atoms with Crippen molar-refractivity contribution in [1.29, 1.82) is 0 Å². The molecule has 0 fully saturated rings. The van der Waals surface area contributed by atoms with Gasteiger partial charge in [0.1, 0.15) is 0 Å². The summed E-state index contributed by atoms with van der Waals surface area (Å²) in [4.78, 5) is 4.21. The Labute approximate surface area is 120 Å². The summed E-state index contributed by atoms with van der Waals surface area (Å²) in [6.45, 7) is 0. The molecule has 0 spiro atoms. The van der Waals surface area contributed by atoms with E-state index in [0.29, 0.717) is 5.13 Å². The molecule has 4 heteroatoms. The third-order valence-corrected chi connectivity index (χ3v) is 3.90. The number of aromatic nitrogens is 1. The highest BCUT2D eigenvalue weighted by atomic mass is 35.5. The van der Waals surface area contributed by atoms with E-state index >= 15 is 0 Å². The third-order valence-electron chi connectivity index (χ3n) is 2.88. The highest BCUT2D eigenvalue weighted by Gasteiger charge is 2.02. The van der Waals surface area contributed by atoms with Crippen LogP contribution in [-0.4, -0.2) is 4.98 Å². The molecule has 1 aromatic heterocycles. The highest BCUT2D eigenvalue weighted by molar-refractivity contribution is 7.13. The van der Waals surface area contributed by atoms with Crippen molar-refractivity contribution in [3.63, 3.8) is 0 Å². The normalized spacial score (nSPS) is 11.4. The third kappa shape index (κ3) is 2.48. The average Bonchev–Trinajstić information content (AvgIpc) is 2.84. The Hall–Kier alpha value is -1.84. The van der Waals surface area contributed by atoms with E-state index in [1.807, 2.05) is 47.9 Å². The van der Waals surface area contributed by atoms with E-state index in [1.54, 1.807) is 0 Å². The van der Waals surface area contributed by atoms with Crippen LogP contribution in [0.2, 0.25) is 5.02 Å². The van der Waals surface area contributed by atoms with Gasteiger partial charge in [0.05, 0.1) is 5.69 Å². The molecule has 0 atom stereocenters. The van der Waals surface area contributed by atoms with Crippen molar-refractivity contribution in [3.8, 4) is 0 Å². The summed E-state index contributed by atoms with van der Waals surface area (Å²) in [6.07, 6.45) is 4.00. The number of anilines is 1. The molecule has 0 amide bonds. The lowest BCUT2D eigenvalue weighted by Gasteiger charge is -2.03. The van der Waals surface area contributed by atoms with E-state index in [4.69, 9.17) is 17.3 Å². The fourth-order valence-electron chi connectivity index (χ4n) is 1.98. The molecule has 0 saturated carbocycles. The predicted molar refractivity (Wildman–Crippen MR) is 84.4 cm³/mol. The van der Waals surface area contributed by atoms with E-state index in [1.165, 1.54) is 11.3 Å². The van der Waals surface area contributed by atoms with Gasteiger partial charge in [0.15, 0.2) is 5.13 Å². The predicted octanol–water partition coefficient (Wildman–Crippen LogP) is 4.70. The molecule has 0 aliphatic rings. The van der Waals surface area contributed by atoms with Crippen LogP contribution in [0.1, 0.15) is 11.3 Å². The Kier molecular flexibility index (Phi) is 3.23. The van der Waals surface area contributed by atoms with Gasteiger partial charge in [-0.15, -0.1) is 11.3 Å². The first-order valence-electron chi connectivity index (χ1n) is 5.80. The molecule has 0 radical (unpaired) electrons. The van der Waals surface area contributed by atoms with E-state index in [-0.39, 0.29) is 0 Å². The Morgan fingerprint density at radius 2 is 1.84 bits per heavy atom. The van der Waals surface area contributed by atoms with Gasteiger partial charge in [-0.3, -0.25) is 0 Å². The first-order valence-corrected chi connectivity index (χ1v) is 7.06. The van der Waals surface area contributed by atoms with Crippen LogP contribution >= 0.6 is 22.9 Å². The van der Waals surface area contributed by atoms with Gasteiger partial charge in [-0.05, 0) is 23.1 Å². The smallest absolute Gasteiger partial charge is 0.180 e. The highest BCUT2D eigenvalue weighted by Crippen LogP contribution is 2.27. The molecule has 94 valence electrons. The number of benzene rings is 2. The number of fused-ring (bicyclic) bond motifs is 1. The quantitative estimate of drug-likeness (QED) is 0.741. The Morgan fingerprint density at radius 1 is 1.05 bits per heavy atom. The molecule has 1 heterocycles. The maximum absolute atomic E-state index is 6.20. The van der Waals surface area contributed by atoms with Crippen molar-refractivity contribution < 1.29 is 0 Å². The summed E-state index contributed by atoms with van der Waals surface area (Å²) in [7, 11) is 0. The van der Waals surface area contributed by atoms with E-state index in [2.05, 4.69) is 11.1 Å². The van der Waals surface area contributed by atoms with Crippen LogP contribution in [0.5, 0.6) is 0 Å². The molecule has 2 aromatic carbocycles. The molecule has 3 aromatic rings. The molecule has 3 rings (SSSR count). The van der Waals surface area contributed by atoms with Crippen molar-refractivity contribution in [2.24, 2.45) is 0 Å². The number of nitrogen functional groups attached to an aromatic ring is 1. The van der Waals surface area contributed by atoms with Crippen LogP contribution in [0.15, 0.2) is 41.8 Å². The molecule has 0 aliphatic carbocycles. The van der Waals surface area contributed by atoms with Crippen molar-refractivity contribution in [3.05, 3.63) is 58.1 Å². The summed E-state index contributed by atoms with van der Waals surface area (Å²) in [5, 5.41) is 5.48. The molecular formula is C15H11ClN2S. The number of nitrogens with zero attached hydrogens (tertiary/aromatic N) is 1. The summed E-state index contributed by atoms with van der Waals surface area (Å²) >= 11 is 7.64. The van der Waals surface area contributed by atoms with Crippen LogP contribution < -0.4 is 5.73 Å². The van der Waals surface area contributed by atoms with Gasteiger partial charge in [-0.1, -0.05) is 48.0 Å². The van der Waals surface area contributed by atoms with Crippen LogP contribution in [-0.2, 0) is 0 Å². The van der Waals surface area contributed by atoms with Gasteiger partial charge >= 0.3 is 0 Å². The van der Waals surface area contributed by atoms with Gasteiger partial charge in [0, 0.05) is 15.8 Å². The van der Waals surface area contributed by atoms with Crippen LogP contribution in [0.3, 0.4) is 0 Å². The molecule has 2 nitrogen and oxygen atoms in total. The lowest BCUT2D eigenvalue weighted by molar-refractivity contribution is 1.39. The van der Waals surface area contributed by atoms with Gasteiger partial charge in [-0.2, -0.15) is 0 Å². The maximum Gasteiger partial charge on any atom is 0.180 e. The second-order valence-electron chi connectivity index (χ2n) is 4.13. The minimum Gasteiger partial charge on any atom is -0.375 e. The maximum atomic E-state index is 6.20. The molecular weight excluding hydrogens is 276 g/mol. The molecule has 0 unspecified atom stereocenters. The lowest BCUT2D eigenvalue weighted by atomic mass is 10.0. The minimum atomic E-state index is 0.584. The van der Waals surface area contributed by atoms with Crippen molar-refractivity contribution in [1.82, 2.24) is 4.98 Å². The number of nitrogens with two attached hydrogens (primary N) is 1. The first-order chi connectivity index (χ1) is 9.24. The second kappa shape index (κ2) is 5.03. The number of hydrogen-bond acceptors (Lipinski definition) is 3. The van der Waals surface area contributed by atoms with Crippen molar-refractivity contribution in [2.45, 2.75) is 0 Å². The zero-order valence-corrected chi connectivity index (χ0v) is 11.6. The zero-order valence-electron chi connectivity index (χ0n) is 10.0. The van der Waals surface area contributed by atoms with E-state index in [9.17, 15) is 0 Å². The van der Waals surface area contributed by atoms with Crippen molar-refractivity contribution in [2.75, 3.05) is 5.73 Å². The standard InChI is InChI=1S/C15H11ClN2S/c16-14-8-6-10(12-3-1-2-4-13(12)14)5-7-11-9-19-15(17)18-11/h1-9H,(H2,17,18). The topological polar surface area (TPSA) is 38.9 Å². The Bertz CT molecular complexity index is 762. The van der Waals surface area contributed by atoms with Gasteiger partial charge in [-0.25, -0.2) is 4.98 Å². The number of thiazole rings is 1. The van der Waals surface area contributed by atoms with Gasteiger partial charge in [0.2, 0.25) is 0 Å². The largest absolute Gasteiger partial charge is 0.375 e. The lowest BCUT2D eigenvalue weighted by Crippen LogP contribution is -1.82. The summed E-state index contributed by atoms with van der Waals surface area (Å²) in [5.41, 5.74) is 7.61. The Morgan fingerprint density at radius 3 is 2.58 bits per heavy atom. The zero-order chi connectivity index (χ0) is 13.2. The van der Waals surface area contributed by atoms with Gasteiger partial charge < -0.3 is 5.73 Å². The number of halogens is 1. The van der Waals surface area contributed by atoms with E-state index in [0.717, 1.165) is 27.1 Å². The molecule has 2 N–H and O–H groups in total. The van der Waals surface area contributed by atoms with Crippen molar-refractivity contribution >= 4 is 51.0 Å². The molecule has 0 bridgehead atoms. The van der Waals surface area contributed by atoms with Crippen LogP contribution in [0.25, 0.3) is 22.9 Å². The monoisotopic (exact) mass is 286 g/mol. The second-order valence-corrected chi connectivity index (χ2v) is 5.42. The number of hydrogen-bond donors (Lipinski definition) is 1. The minimum absolute atomic E-state index is 0.584. The first kappa shape index (κ1) is 12.2. The molecule has 0 aliphatic heterocycles. The van der Waals surface area contributed by atoms with E-state index < -0.39 is 0 Å². The fraction of sp³-hybridized carbons (Fsp3) is 0. The Balaban J connectivity index is 2.06.